The van der Waals surface area contributed by atoms with Crippen LogP contribution in [0.1, 0.15) is 31.1 Å². The minimum Gasteiger partial charge on any atom is -0.370 e. The summed E-state index contributed by atoms with van der Waals surface area (Å²) in [5.41, 5.74) is 0.0263. The van der Waals surface area contributed by atoms with E-state index in [-0.39, 0.29) is 29.7 Å². The van der Waals surface area contributed by atoms with Crippen molar-refractivity contribution in [1.82, 2.24) is 4.90 Å². The van der Waals surface area contributed by atoms with Gasteiger partial charge in [0.1, 0.15) is 0 Å². The maximum atomic E-state index is 12.3. The van der Waals surface area contributed by atoms with E-state index in [0.717, 1.165) is 0 Å². The highest BCUT2D eigenvalue weighted by atomic mass is 16.6. The van der Waals surface area contributed by atoms with Crippen LogP contribution in [0.25, 0.3) is 0 Å². The van der Waals surface area contributed by atoms with Crippen molar-refractivity contribution < 1.29 is 14.5 Å². The maximum Gasteiger partial charge on any atom is 0.270 e. The number of morpholine rings is 1. The lowest BCUT2D eigenvalue weighted by molar-refractivity contribution is -0.384. The molecule has 0 N–H and O–H groups in total. The van der Waals surface area contributed by atoms with Gasteiger partial charge in [-0.25, -0.2) is 0 Å². The highest BCUT2D eigenvalue weighted by molar-refractivity contribution is 5.98. The van der Waals surface area contributed by atoms with E-state index in [2.05, 4.69) is 0 Å². The average molecular weight is 292 g/mol. The van der Waals surface area contributed by atoms with Gasteiger partial charge in [0.2, 0.25) is 0 Å². The van der Waals surface area contributed by atoms with Gasteiger partial charge >= 0.3 is 0 Å². The monoisotopic (exact) mass is 292 g/mol. The summed E-state index contributed by atoms with van der Waals surface area (Å²) in [6, 6.07) is 5.87. The summed E-state index contributed by atoms with van der Waals surface area (Å²) in [6.07, 6.45) is 0.0617. The third-order valence-electron chi connectivity index (χ3n) is 3.39. The van der Waals surface area contributed by atoms with Crippen LogP contribution >= 0.6 is 0 Å². The van der Waals surface area contributed by atoms with E-state index >= 15 is 0 Å². The molecule has 1 heterocycles. The number of benzene rings is 1. The lowest BCUT2D eigenvalue weighted by atomic mass is 10.0. The Bertz CT molecular complexity index is 556. The number of rotatable bonds is 4. The van der Waals surface area contributed by atoms with E-state index < -0.39 is 4.92 Å². The number of nitrogens with zero attached hydrogens (tertiary/aromatic N) is 2. The third kappa shape index (κ3) is 4.09. The molecular formula is C15H20N2O4. The number of Topliss-reactive ketones (excluding diaryl/α,β-unsaturated/α-hetero) is 1. The number of nitro groups is 1. The number of hydrogen-bond donors (Lipinski definition) is 0. The van der Waals surface area contributed by atoms with E-state index in [1.165, 1.54) is 18.2 Å². The topological polar surface area (TPSA) is 72.7 Å². The number of carbonyl (C=O) groups excluding carboxylic acids is 1. The van der Waals surface area contributed by atoms with Crippen LogP contribution < -0.4 is 0 Å². The first-order valence-electron chi connectivity index (χ1n) is 6.95. The van der Waals surface area contributed by atoms with Crippen molar-refractivity contribution >= 4 is 11.5 Å². The van der Waals surface area contributed by atoms with E-state index in [1.807, 2.05) is 25.7 Å². The van der Waals surface area contributed by atoms with Gasteiger partial charge in [-0.2, -0.15) is 0 Å². The molecule has 114 valence electrons. The molecule has 1 aliphatic heterocycles. The second-order valence-electron chi connectivity index (χ2n) is 6.09. The number of hydrogen-bond acceptors (Lipinski definition) is 5. The molecule has 1 unspecified atom stereocenters. The zero-order valence-electron chi connectivity index (χ0n) is 12.5. The predicted molar refractivity (Wildman–Crippen MR) is 78.5 cm³/mol. The van der Waals surface area contributed by atoms with Crippen LogP contribution in [0.4, 0.5) is 5.69 Å². The molecule has 0 bridgehead atoms. The molecule has 0 spiro atoms. The summed E-state index contributed by atoms with van der Waals surface area (Å²) in [6.45, 7) is 7.56. The molecule has 6 heteroatoms. The van der Waals surface area contributed by atoms with Crippen molar-refractivity contribution in [1.29, 1.82) is 0 Å². The first kappa shape index (κ1) is 15.6. The minimum atomic E-state index is -0.489. The van der Waals surface area contributed by atoms with Crippen molar-refractivity contribution in [2.75, 3.05) is 19.6 Å². The van der Waals surface area contributed by atoms with Crippen LogP contribution in [-0.2, 0) is 4.74 Å². The Balaban J connectivity index is 2.07. The summed E-state index contributed by atoms with van der Waals surface area (Å²) in [5, 5.41) is 10.8. The fraction of sp³-hybridized carbons (Fsp3) is 0.533. The molecule has 1 aromatic rings. The first-order valence-corrected chi connectivity index (χ1v) is 6.95. The van der Waals surface area contributed by atoms with Gasteiger partial charge in [0.25, 0.3) is 5.69 Å². The van der Waals surface area contributed by atoms with Gasteiger partial charge in [0, 0.05) is 30.8 Å². The van der Waals surface area contributed by atoms with Gasteiger partial charge in [0.05, 0.1) is 23.2 Å². The van der Waals surface area contributed by atoms with Crippen LogP contribution in [0.15, 0.2) is 24.3 Å². The van der Waals surface area contributed by atoms with Crippen LogP contribution in [0.5, 0.6) is 0 Å². The second-order valence-corrected chi connectivity index (χ2v) is 6.09. The van der Waals surface area contributed by atoms with E-state index in [4.69, 9.17) is 4.74 Å². The van der Waals surface area contributed by atoms with Gasteiger partial charge in [-0.05, 0) is 20.8 Å². The molecule has 6 nitrogen and oxygen atoms in total. The zero-order chi connectivity index (χ0) is 15.6. The normalized spacial score (nSPS) is 22.0. The Morgan fingerprint density at radius 1 is 1.52 bits per heavy atom. The van der Waals surface area contributed by atoms with Gasteiger partial charge in [-0.1, -0.05) is 12.1 Å². The summed E-state index contributed by atoms with van der Waals surface area (Å²) in [5.74, 6) is -0.108. The fourth-order valence-corrected chi connectivity index (χ4v) is 2.79. The zero-order valence-corrected chi connectivity index (χ0v) is 12.5. The second kappa shape index (κ2) is 5.91. The van der Waals surface area contributed by atoms with Crippen LogP contribution in [-0.4, -0.2) is 46.9 Å². The molecule has 0 saturated carbocycles. The average Bonchev–Trinajstić information content (AvgIpc) is 2.36. The largest absolute Gasteiger partial charge is 0.370 e. The highest BCUT2D eigenvalue weighted by Crippen LogP contribution is 2.21. The van der Waals surface area contributed by atoms with E-state index in [0.29, 0.717) is 18.7 Å². The lowest BCUT2D eigenvalue weighted by Crippen LogP contribution is -2.53. The molecule has 1 atom stereocenters. The van der Waals surface area contributed by atoms with E-state index in [1.54, 1.807) is 6.07 Å². The van der Waals surface area contributed by atoms with Gasteiger partial charge in [-0.3, -0.25) is 19.8 Å². The molecule has 1 saturated heterocycles. The van der Waals surface area contributed by atoms with Crippen molar-refractivity contribution in [3.05, 3.63) is 39.9 Å². The van der Waals surface area contributed by atoms with Crippen LogP contribution in [0.2, 0.25) is 0 Å². The molecule has 0 amide bonds. The third-order valence-corrected chi connectivity index (χ3v) is 3.39. The first-order chi connectivity index (χ1) is 9.77. The summed E-state index contributed by atoms with van der Waals surface area (Å²) in [7, 11) is 0. The standard InChI is InChI=1S/C15H20N2O4/c1-11-8-16(10-15(2,3)21-11)9-14(18)12-5-4-6-13(7-12)17(19)20/h4-7,11H,8-10H2,1-3H3. The molecule has 0 aliphatic carbocycles. The van der Waals surface area contributed by atoms with Crippen molar-refractivity contribution in [3.63, 3.8) is 0 Å². The Morgan fingerprint density at radius 2 is 2.24 bits per heavy atom. The number of ether oxygens (including phenoxy) is 1. The van der Waals surface area contributed by atoms with Crippen molar-refractivity contribution in [3.8, 4) is 0 Å². The molecule has 1 aromatic carbocycles. The SMILES string of the molecule is CC1CN(CC(=O)c2cccc([N+](=O)[O-])c2)CC(C)(C)O1. The lowest BCUT2D eigenvalue weighted by Gasteiger charge is -2.41. The Hall–Kier alpha value is -1.79. The van der Waals surface area contributed by atoms with Gasteiger partial charge < -0.3 is 4.74 Å². The summed E-state index contributed by atoms with van der Waals surface area (Å²) < 4.78 is 5.80. The molecule has 21 heavy (non-hydrogen) atoms. The smallest absolute Gasteiger partial charge is 0.270 e. The van der Waals surface area contributed by atoms with Gasteiger partial charge in [-0.15, -0.1) is 0 Å². The quantitative estimate of drug-likeness (QED) is 0.483. The number of non-ortho nitro benzene ring substituents is 1. The maximum absolute atomic E-state index is 12.3. The Morgan fingerprint density at radius 3 is 2.86 bits per heavy atom. The molecular weight excluding hydrogens is 272 g/mol. The van der Waals surface area contributed by atoms with E-state index in [9.17, 15) is 14.9 Å². The number of nitro benzene ring substituents is 1. The van der Waals surface area contributed by atoms with Crippen molar-refractivity contribution in [2.24, 2.45) is 0 Å². The highest BCUT2D eigenvalue weighted by Gasteiger charge is 2.32. The van der Waals surface area contributed by atoms with Crippen molar-refractivity contribution in [2.45, 2.75) is 32.5 Å². The Labute approximate surface area is 123 Å². The number of carbonyl (C=O) groups is 1. The van der Waals surface area contributed by atoms with Crippen LogP contribution in [0, 0.1) is 10.1 Å². The van der Waals surface area contributed by atoms with Crippen LogP contribution in [0.3, 0.4) is 0 Å². The number of ketones is 1. The molecule has 1 aliphatic rings. The fourth-order valence-electron chi connectivity index (χ4n) is 2.79. The molecule has 0 aromatic heterocycles. The summed E-state index contributed by atoms with van der Waals surface area (Å²) in [4.78, 5) is 24.6. The summed E-state index contributed by atoms with van der Waals surface area (Å²) >= 11 is 0. The minimum absolute atomic E-state index is 0.0588. The Kier molecular flexibility index (Phi) is 4.39. The molecule has 0 radical (unpaired) electrons. The predicted octanol–water partition coefficient (Wildman–Crippen LogP) is 2.28. The molecule has 2 rings (SSSR count). The van der Waals surface area contributed by atoms with Gasteiger partial charge in [0.15, 0.2) is 5.78 Å². The molecule has 1 fully saturated rings.